The molecule has 2 aromatic carbocycles. The van der Waals surface area contributed by atoms with Crippen molar-refractivity contribution in [3.8, 4) is 5.69 Å². The van der Waals surface area contributed by atoms with Crippen molar-refractivity contribution in [3.05, 3.63) is 106 Å². The van der Waals surface area contributed by atoms with Crippen molar-refractivity contribution < 1.29 is 0 Å². The third kappa shape index (κ3) is 5.20. The molecule has 218 valence electrons. The van der Waals surface area contributed by atoms with E-state index < -0.39 is 0 Å². The van der Waals surface area contributed by atoms with Crippen molar-refractivity contribution in [2.24, 2.45) is 11.8 Å². The number of rotatable bonds is 6. The van der Waals surface area contributed by atoms with Gasteiger partial charge in [-0.2, -0.15) is 0 Å². The van der Waals surface area contributed by atoms with Crippen molar-refractivity contribution in [2.45, 2.75) is 59.5 Å². The van der Waals surface area contributed by atoms with Gasteiger partial charge in [-0.05, 0) is 104 Å². The molecular formula is C35H40ClN5S. The molecule has 0 saturated carbocycles. The Bertz CT molecular complexity index is 1590. The summed E-state index contributed by atoms with van der Waals surface area (Å²) in [6.45, 7) is 13.3. The third-order valence-corrected chi connectivity index (χ3v) is 9.54. The lowest BCUT2D eigenvalue weighted by Gasteiger charge is -2.37. The van der Waals surface area contributed by atoms with Crippen LogP contribution in [0.5, 0.6) is 0 Å². The second-order valence-electron chi connectivity index (χ2n) is 12.1. The van der Waals surface area contributed by atoms with E-state index in [1.807, 2.05) is 18.3 Å². The van der Waals surface area contributed by atoms with Gasteiger partial charge in [-0.3, -0.25) is 4.98 Å². The number of aryl methyl sites for hydroxylation is 2. The summed E-state index contributed by atoms with van der Waals surface area (Å²) in [5.41, 5.74) is 9.23. The number of anilines is 2. The first kappa shape index (κ1) is 28.8. The molecule has 2 aliphatic rings. The molecule has 2 fully saturated rings. The number of hydrogen-bond acceptors (Lipinski definition) is 3. The summed E-state index contributed by atoms with van der Waals surface area (Å²) < 4.78 is 2.39. The molecule has 0 bridgehead atoms. The molecular weight excluding hydrogens is 558 g/mol. The molecule has 4 atom stereocenters. The van der Waals surface area contributed by atoms with Crippen molar-refractivity contribution >= 4 is 40.3 Å². The topological polar surface area (TPSA) is 36.3 Å². The van der Waals surface area contributed by atoms with Crippen LogP contribution in [0.25, 0.3) is 5.69 Å². The van der Waals surface area contributed by atoms with Crippen LogP contribution >= 0.6 is 23.8 Å². The van der Waals surface area contributed by atoms with Gasteiger partial charge in [0, 0.05) is 42.0 Å². The minimum Gasteiger partial charge on any atom is -0.370 e. The Balaban J connectivity index is 1.45. The lowest BCUT2D eigenvalue weighted by Crippen LogP contribution is -2.38. The summed E-state index contributed by atoms with van der Waals surface area (Å²) in [5, 5.41) is 5.07. The Morgan fingerprint density at radius 2 is 1.69 bits per heavy atom. The maximum atomic E-state index is 7.06. The molecule has 0 spiro atoms. The van der Waals surface area contributed by atoms with Crippen LogP contribution in [0.4, 0.5) is 11.4 Å². The average molecular weight is 598 g/mol. The zero-order chi connectivity index (χ0) is 29.5. The van der Waals surface area contributed by atoms with Crippen LogP contribution in [0.15, 0.2) is 72.9 Å². The van der Waals surface area contributed by atoms with E-state index in [2.05, 4.69) is 109 Å². The van der Waals surface area contributed by atoms with Gasteiger partial charge in [0.2, 0.25) is 0 Å². The molecule has 42 heavy (non-hydrogen) atoms. The quantitative estimate of drug-likeness (QED) is 0.226. The van der Waals surface area contributed by atoms with E-state index in [1.54, 1.807) is 0 Å². The summed E-state index contributed by atoms with van der Waals surface area (Å²) in [7, 11) is 0. The van der Waals surface area contributed by atoms with E-state index in [-0.39, 0.29) is 12.1 Å². The highest BCUT2D eigenvalue weighted by molar-refractivity contribution is 7.80. The fourth-order valence-electron chi connectivity index (χ4n) is 7.20. The maximum absolute atomic E-state index is 7.06. The van der Waals surface area contributed by atoms with Crippen LogP contribution in [0.3, 0.4) is 0 Å². The number of aromatic nitrogens is 2. The number of hydrogen-bond donors (Lipinski definition) is 1. The minimum atomic E-state index is -0.115. The third-order valence-electron chi connectivity index (χ3n) is 8.92. The summed E-state index contributed by atoms with van der Waals surface area (Å²) in [4.78, 5) is 9.44. The smallest absolute Gasteiger partial charge is 0.174 e. The normalized spacial score (nSPS) is 22.5. The first-order valence-corrected chi connectivity index (χ1v) is 15.9. The Labute approximate surface area is 260 Å². The van der Waals surface area contributed by atoms with Gasteiger partial charge in [-0.25, -0.2) is 0 Å². The van der Waals surface area contributed by atoms with Gasteiger partial charge in [-0.15, -0.1) is 0 Å². The Hall–Kier alpha value is -3.35. The van der Waals surface area contributed by atoms with Crippen molar-refractivity contribution in [2.75, 3.05) is 22.9 Å². The van der Waals surface area contributed by atoms with Crippen LogP contribution in [0.2, 0.25) is 5.02 Å². The van der Waals surface area contributed by atoms with Gasteiger partial charge in [-0.1, -0.05) is 56.6 Å². The minimum absolute atomic E-state index is 0.0990. The number of pyridine rings is 1. The molecule has 7 heteroatoms. The van der Waals surface area contributed by atoms with E-state index in [9.17, 15) is 0 Å². The van der Waals surface area contributed by atoms with E-state index in [4.69, 9.17) is 28.8 Å². The second-order valence-corrected chi connectivity index (χ2v) is 12.9. The highest BCUT2D eigenvalue weighted by Crippen LogP contribution is 2.45. The van der Waals surface area contributed by atoms with Crippen LogP contribution in [-0.2, 0) is 6.42 Å². The van der Waals surface area contributed by atoms with Crippen LogP contribution in [0.1, 0.15) is 67.5 Å². The standard InChI is InChI=1S/C35H40ClN5S/c1-6-26-11-7-8-13-31(26)40-24(4)18-28(25(40)5)34-33(30-12-9-10-16-37-30)38-35(42)41(34)27-14-15-32(29(36)19-27)39-20-22(2)17-23(3)21-39/h7-16,18-19,22-23,33-34H,6,17,20-21H2,1-5H3,(H,38,42). The molecule has 4 unspecified atom stereocenters. The largest absolute Gasteiger partial charge is 0.370 e. The number of benzene rings is 2. The number of para-hydroxylation sites is 1. The zero-order valence-corrected chi connectivity index (χ0v) is 26.7. The van der Waals surface area contributed by atoms with Crippen molar-refractivity contribution in [1.82, 2.24) is 14.9 Å². The monoisotopic (exact) mass is 597 g/mol. The van der Waals surface area contributed by atoms with Crippen molar-refractivity contribution in [1.29, 1.82) is 0 Å². The predicted molar refractivity (Wildman–Crippen MR) is 179 cm³/mol. The molecule has 0 amide bonds. The number of thiocarbonyl (C=S) groups is 1. The lowest BCUT2D eigenvalue weighted by molar-refractivity contribution is 0.357. The van der Waals surface area contributed by atoms with E-state index in [0.29, 0.717) is 16.9 Å². The lowest BCUT2D eigenvalue weighted by atomic mass is 9.91. The molecule has 6 rings (SSSR count). The van der Waals surface area contributed by atoms with E-state index in [1.165, 1.54) is 34.6 Å². The molecule has 5 nitrogen and oxygen atoms in total. The summed E-state index contributed by atoms with van der Waals surface area (Å²) in [5.74, 6) is 1.30. The SMILES string of the molecule is CCc1ccccc1-n1c(C)cc(C2C(c3ccccn3)NC(=S)N2c2ccc(N3CC(C)CC(C)C3)c(Cl)c2)c1C. The number of piperidine rings is 1. The van der Waals surface area contributed by atoms with Crippen molar-refractivity contribution in [3.63, 3.8) is 0 Å². The summed E-state index contributed by atoms with van der Waals surface area (Å²) >= 11 is 13.1. The fraction of sp³-hybridized carbons (Fsp3) is 0.371. The van der Waals surface area contributed by atoms with Crippen LogP contribution in [0, 0.1) is 25.7 Å². The van der Waals surface area contributed by atoms with E-state index >= 15 is 0 Å². The zero-order valence-electron chi connectivity index (χ0n) is 25.1. The first-order chi connectivity index (χ1) is 20.3. The molecule has 0 radical (unpaired) electrons. The molecule has 1 N–H and O–H groups in total. The van der Waals surface area contributed by atoms with Gasteiger partial charge >= 0.3 is 0 Å². The summed E-state index contributed by atoms with van der Waals surface area (Å²) in [6, 6.07) is 23.3. The Morgan fingerprint density at radius 1 is 0.952 bits per heavy atom. The van der Waals surface area contributed by atoms with Crippen LogP contribution in [-0.4, -0.2) is 27.8 Å². The van der Waals surface area contributed by atoms with Gasteiger partial charge < -0.3 is 19.7 Å². The Morgan fingerprint density at radius 3 is 2.38 bits per heavy atom. The van der Waals surface area contributed by atoms with E-state index in [0.717, 1.165) is 41.6 Å². The molecule has 4 heterocycles. The highest BCUT2D eigenvalue weighted by atomic mass is 35.5. The molecule has 2 saturated heterocycles. The molecule has 2 aliphatic heterocycles. The Kier molecular flexibility index (Phi) is 8.03. The van der Waals surface area contributed by atoms with Gasteiger partial charge in [0.25, 0.3) is 0 Å². The first-order valence-electron chi connectivity index (χ1n) is 15.1. The van der Waals surface area contributed by atoms with Gasteiger partial charge in [0.15, 0.2) is 5.11 Å². The van der Waals surface area contributed by atoms with Crippen LogP contribution < -0.4 is 15.1 Å². The highest BCUT2D eigenvalue weighted by Gasteiger charge is 2.42. The molecule has 0 aliphatic carbocycles. The van der Waals surface area contributed by atoms with Gasteiger partial charge in [0.05, 0.1) is 28.5 Å². The van der Waals surface area contributed by atoms with Gasteiger partial charge in [0.1, 0.15) is 0 Å². The second kappa shape index (κ2) is 11.7. The predicted octanol–water partition coefficient (Wildman–Crippen LogP) is 8.36. The maximum Gasteiger partial charge on any atom is 0.174 e. The number of nitrogens with zero attached hydrogens (tertiary/aromatic N) is 4. The molecule has 2 aromatic heterocycles. The fourth-order valence-corrected chi connectivity index (χ4v) is 7.84. The number of halogens is 1. The summed E-state index contributed by atoms with van der Waals surface area (Å²) in [6.07, 6.45) is 4.09. The average Bonchev–Trinajstić information content (AvgIpc) is 3.47. The number of nitrogens with one attached hydrogen (secondary N) is 1. The molecule has 4 aromatic rings.